The second-order valence-electron chi connectivity index (χ2n) is 4.18. The normalized spacial score (nSPS) is 12.4. The topological polar surface area (TPSA) is 35.2 Å². The molecule has 17 heavy (non-hydrogen) atoms. The van der Waals surface area contributed by atoms with Gasteiger partial charge in [0, 0.05) is 9.75 Å². The molecule has 90 valence electrons. The van der Waals surface area contributed by atoms with E-state index in [-0.39, 0.29) is 6.04 Å². The fraction of sp³-hybridized carbons (Fsp3) is 0.286. The first-order valence-corrected chi connectivity index (χ1v) is 6.48. The molecule has 2 aromatic rings. The van der Waals surface area contributed by atoms with Crippen molar-refractivity contribution in [3.05, 3.63) is 51.7 Å². The summed E-state index contributed by atoms with van der Waals surface area (Å²) >= 11 is 1.73. The fourth-order valence-corrected chi connectivity index (χ4v) is 2.42. The molecule has 0 spiro atoms. The van der Waals surface area contributed by atoms with E-state index in [9.17, 15) is 0 Å². The quantitative estimate of drug-likeness (QED) is 0.898. The van der Waals surface area contributed by atoms with Crippen molar-refractivity contribution in [1.29, 1.82) is 0 Å². The largest absolute Gasteiger partial charge is 0.492 e. The monoisotopic (exact) mass is 247 g/mol. The van der Waals surface area contributed by atoms with Gasteiger partial charge in [0.1, 0.15) is 12.4 Å². The second kappa shape index (κ2) is 5.34. The van der Waals surface area contributed by atoms with Gasteiger partial charge in [0.25, 0.3) is 0 Å². The van der Waals surface area contributed by atoms with E-state index < -0.39 is 0 Å². The van der Waals surface area contributed by atoms with Gasteiger partial charge in [-0.05, 0) is 38.1 Å². The molecule has 1 aromatic heterocycles. The van der Waals surface area contributed by atoms with Crippen molar-refractivity contribution < 1.29 is 4.74 Å². The van der Waals surface area contributed by atoms with Gasteiger partial charge < -0.3 is 10.5 Å². The van der Waals surface area contributed by atoms with Crippen LogP contribution in [0, 0.1) is 13.8 Å². The minimum atomic E-state index is -0.0463. The molecule has 0 bridgehead atoms. The molecular formula is C14H17NOS. The van der Waals surface area contributed by atoms with Crippen LogP contribution in [0.4, 0.5) is 0 Å². The number of hydrogen-bond acceptors (Lipinski definition) is 3. The molecular weight excluding hydrogens is 230 g/mol. The van der Waals surface area contributed by atoms with Gasteiger partial charge in [-0.3, -0.25) is 0 Å². The van der Waals surface area contributed by atoms with Crippen LogP contribution in [-0.4, -0.2) is 6.61 Å². The highest BCUT2D eigenvalue weighted by molar-refractivity contribution is 7.12. The molecule has 0 aliphatic rings. The predicted octanol–water partition coefficient (Wildman–Crippen LogP) is 3.44. The first-order valence-electron chi connectivity index (χ1n) is 5.66. The summed E-state index contributed by atoms with van der Waals surface area (Å²) in [4.78, 5) is 2.46. The number of benzene rings is 1. The summed E-state index contributed by atoms with van der Waals surface area (Å²) in [5, 5.41) is 0. The third-order valence-corrected chi connectivity index (χ3v) is 3.71. The Hall–Kier alpha value is -1.32. The highest BCUT2D eigenvalue weighted by atomic mass is 32.1. The Bertz CT molecular complexity index is 475. The molecule has 0 saturated heterocycles. The van der Waals surface area contributed by atoms with Crippen LogP contribution in [0.2, 0.25) is 0 Å². The summed E-state index contributed by atoms with van der Waals surface area (Å²) in [7, 11) is 0. The molecule has 2 nitrogen and oxygen atoms in total. The minimum absolute atomic E-state index is 0.0463. The standard InChI is InChI=1S/C14H17NOS/c1-10-3-6-12(7-4-10)16-9-13(15)14-8-5-11(2)17-14/h3-8,13H,9,15H2,1-2H3. The zero-order chi connectivity index (χ0) is 12.3. The maximum atomic E-state index is 6.07. The van der Waals surface area contributed by atoms with Crippen molar-refractivity contribution in [1.82, 2.24) is 0 Å². The highest BCUT2D eigenvalue weighted by Gasteiger charge is 2.08. The predicted molar refractivity (Wildman–Crippen MR) is 72.7 cm³/mol. The fourth-order valence-electron chi connectivity index (χ4n) is 1.56. The summed E-state index contributed by atoms with van der Waals surface area (Å²) in [5.74, 6) is 0.874. The lowest BCUT2D eigenvalue weighted by Gasteiger charge is -2.11. The van der Waals surface area contributed by atoms with Crippen molar-refractivity contribution in [2.24, 2.45) is 5.73 Å². The third-order valence-electron chi connectivity index (χ3n) is 2.58. The van der Waals surface area contributed by atoms with Crippen molar-refractivity contribution in [3.8, 4) is 5.75 Å². The number of aryl methyl sites for hydroxylation is 2. The van der Waals surface area contributed by atoms with Crippen LogP contribution in [0.3, 0.4) is 0 Å². The third kappa shape index (κ3) is 3.32. The molecule has 0 fully saturated rings. The molecule has 1 atom stereocenters. The van der Waals surface area contributed by atoms with Gasteiger partial charge in [-0.15, -0.1) is 11.3 Å². The average Bonchev–Trinajstić information content (AvgIpc) is 2.75. The Morgan fingerprint density at radius 2 is 1.82 bits per heavy atom. The molecule has 0 radical (unpaired) electrons. The van der Waals surface area contributed by atoms with E-state index >= 15 is 0 Å². The lowest BCUT2D eigenvalue weighted by atomic mass is 10.2. The summed E-state index contributed by atoms with van der Waals surface area (Å²) in [6.45, 7) is 4.66. The van der Waals surface area contributed by atoms with Crippen LogP contribution in [0.25, 0.3) is 0 Å². The Balaban J connectivity index is 1.92. The highest BCUT2D eigenvalue weighted by Crippen LogP contribution is 2.22. The van der Waals surface area contributed by atoms with Crippen molar-refractivity contribution in [2.45, 2.75) is 19.9 Å². The Morgan fingerprint density at radius 3 is 2.41 bits per heavy atom. The number of thiophene rings is 1. The van der Waals surface area contributed by atoms with E-state index in [0.717, 1.165) is 5.75 Å². The van der Waals surface area contributed by atoms with Crippen molar-refractivity contribution in [2.75, 3.05) is 6.61 Å². The van der Waals surface area contributed by atoms with Crippen LogP contribution in [0.5, 0.6) is 5.75 Å². The summed E-state index contributed by atoms with van der Waals surface area (Å²) < 4.78 is 5.67. The number of rotatable bonds is 4. The molecule has 0 saturated carbocycles. The van der Waals surface area contributed by atoms with E-state index in [1.807, 2.05) is 24.3 Å². The number of nitrogens with two attached hydrogens (primary N) is 1. The van der Waals surface area contributed by atoms with E-state index in [2.05, 4.69) is 26.0 Å². The van der Waals surface area contributed by atoms with E-state index in [4.69, 9.17) is 10.5 Å². The van der Waals surface area contributed by atoms with Crippen LogP contribution < -0.4 is 10.5 Å². The minimum Gasteiger partial charge on any atom is -0.492 e. The summed E-state index contributed by atoms with van der Waals surface area (Å²) in [6.07, 6.45) is 0. The lowest BCUT2D eigenvalue weighted by molar-refractivity contribution is 0.292. The van der Waals surface area contributed by atoms with Gasteiger partial charge in [0.15, 0.2) is 0 Å². The van der Waals surface area contributed by atoms with Gasteiger partial charge in [0.05, 0.1) is 6.04 Å². The molecule has 0 aliphatic heterocycles. The van der Waals surface area contributed by atoms with Gasteiger partial charge in [0.2, 0.25) is 0 Å². The number of hydrogen-bond donors (Lipinski definition) is 1. The van der Waals surface area contributed by atoms with Crippen molar-refractivity contribution >= 4 is 11.3 Å². The van der Waals surface area contributed by atoms with Gasteiger partial charge >= 0.3 is 0 Å². The van der Waals surface area contributed by atoms with Gasteiger partial charge in [-0.25, -0.2) is 0 Å². The van der Waals surface area contributed by atoms with E-state index in [0.29, 0.717) is 6.61 Å². The smallest absolute Gasteiger partial charge is 0.119 e. The SMILES string of the molecule is Cc1ccc(OCC(N)c2ccc(C)s2)cc1. The van der Waals surface area contributed by atoms with E-state index in [1.165, 1.54) is 15.3 Å². The van der Waals surface area contributed by atoms with Crippen LogP contribution in [0.15, 0.2) is 36.4 Å². The zero-order valence-corrected chi connectivity index (χ0v) is 11.0. The first-order chi connectivity index (χ1) is 8.15. The average molecular weight is 247 g/mol. The van der Waals surface area contributed by atoms with Gasteiger partial charge in [-0.2, -0.15) is 0 Å². The molecule has 1 unspecified atom stereocenters. The Labute approximate surface area is 106 Å². The van der Waals surface area contributed by atoms with Gasteiger partial charge in [-0.1, -0.05) is 17.7 Å². The molecule has 1 aromatic carbocycles. The molecule has 3 heteroatoms. The second-order valence-corrected chi connectivity index (χ2v) is 5.50. The van der Waals surface area contributed by atoms with Crippen LogP contribution >= 0.6 is 11.3 Å². The lowest BCUT2D eigenvalue weighted by Crippen LogP contribution is -2.17. The summed E-state index contributed by atoms with van der Waals surface area (Å²) in [6, 6.07) is 12.1. The molecule has 2 rings (SSSR count). The summed E-state index contributed by atoms with van der Waals surface area (Å²) in [5.41, 5.74) is 7.30. The maximum Gasteiger partial charge on any atom is 0.119 e. The Kier molecular flexibility index (Phi) is 3.82. The molecule has 0 aliphatic carbocycles. The molecule has 0 amide bonds. The Morgan fingerprint density at radius 1 is 1.12 bits per heavy atom. The molecule has 2 N–H and O–H groups in total. The maximum absolute atomic E-state index is 6.07. The molecule has 1 heterocycles. The van der Waals surface area contributed by atoms with Crippen molar-refractivity contribution in [3.63, 3.8) is 0 Å². The zero-order valence-electron chi connectivity index (χ0n) is 10.1. The first kappa shape index (κ1) is 12.1. The van der Waals surface area contributed by atoms with E-state index in [1.54, 1.807) is 11.3 Å². The van der Waals surface area contributed by atoms with Crippen LogP contribution in [-0.2, 0) is 0 Å². The van der Waals surface area contributed by atoms with Crippen LogP contribution in [0.1, 0.15) is 21.4 Å². The number of ether oxygens (including phenoxy) is 1.